The van der Waals surface area contributed by atoms with Crippen LogP contribution in [0.15, 0.2) is 0 Å². The highest BCUT2D eigenvalue weighted by molar-refractivity contribution is 8.00. The van der Waals surface area contributed by atoms with E-state index < -0.39 is 0 Å². The molecule has 0 radical (unpaired) electrons. The van der Waals surface area contributed by atoms with Gasteiger partial charge in [0.2, 0.25) is 0 Å². The van der Waals surface area contributed by atoms with Gasteiger partial charge in [-0.05, 0) is 19.4 Å². The van der Waals surface area contributed by atoms with Gasteiger partial charge in [0.1, 0.15) is 0 Å². The van der Waals surface area contributed by atoms with Crippen molar-refractivity contribution in [1.82, 2.24) is 5.32 Å². The minimum Gasteiger partial charge on any atom is -0.468 e. The molecule has 1 heterocycles. The lowest BCUT2D eigenvalue weighted by Crippen LogP contribution is -2.32. The smallest absolute Gasteiger partial charge is 0.315 e. The lowest BCUT2D eigenvalue weighted by atomic mass is 10.2. The lowest BCUT2D eigenvalue weighted by Gasteiger charge is -2.21. The fraction of sp³-hybridized carbons (Fsp3) is 0.875. The summed E-state index contributed by atoms with van der Waals surface area (Å²) in [6.45, 7) is 2.15. The minimum atomic E-state index is -0.120. The van der Waals surface area contributed by atoms with Crippen LogP contribution in [0.25, 0.3) is 0 Å². The molecule has 70 valence electrons. The van der Waals surface area contributed by atoms with Crippen LogP contribution in [0.2, 0.25) is 0 Å². The predicted octanol–water partition coefficient (Wildman–Crippen LogP) is 0.645. The van der Waals surface area contributed by atoms with Crippen LogP contribution in [0.5, 0.6) is 0 Å². The maximum absolute atomic E-state index is 10.8. The van der Waals surface area contributed by atoms with Crippen LogP contribution in [0.1, 0.15) is 12.8 Å². The molecular weight excluding hydrogens is 174 g/mol. The van der Waals surface area contributed by atoms with E-state index in [-0.39, 0.29) is 5.97 Å². The molecular formula is C8H15NO2S. The van der Waals surface area contributed by atoms with Crippen molar-refractivity contribution in [2.75, 3.05) is 26.0 Å². The Bertz CT molecular complexity index is 146. The summed E-state index contributed by atoms with van der Waals surface area (Å²) < 4.78 is 4.56. The molecule has 1 aliphatic heterocycles. The number of carbonyl (C=O) groups is 1. The van der Waals surface area contributed by atoms with E-state index in [1.165, 1.54) is 20.0 Å². The molecule has 0 amide bonds. The Balaban J connectivity index is 2.09. The second kappa shape index (κ2) is 5.43. The maximum atomic E-state index is 10.8. The largest absolute Gasteiger partial charge is 0.468 e. The van der Waals surface area contributed by atoms with Crippen LogP contribution in [0.3, 0.4) is 0 Å². The molecule has 1 rings (SSSR count). The fourth-order valence-electron chi connectivity index (χ4n) is 1.21. The van der Waals surface area contributed by atoms with Gasteiger partial charge < -0.3 is 10.1 Å². The normalized spacial score (nSPS) is 23.6. The van der Waals surface area contributed by atoms with Crippen molar-refractivity contribution >= 4 is 17.7 Å². The van der Waals surface area contributed by atoms with Crippen molar-refractivity contribution in [3.8, 4) is 0 Å². The summed E-state index contributed by atoms with van der Waals surface area (Å²) >= 11 is 1.69. The average molecular weight is 189 g/mol. The molecule has 1 N–H and O–H groups in total. The third kappa shape index (κ3) is 3.45. The van der Waals surface area contributed by atoms with Gasteiger partial charge in [-0.15, -0.1) is 11.8 Å². The number of carbonyl (C=O) groups excluding carboxylic acids is 1. The Kier molecular flexibility index (Phi) is 4.46. The van der Waals surface area contributed by atoms with Crippen molar-refractivity contribution in [2.24, 2.45) is 0 Å². The number of thioether (sulfide) groups is 1. The summed E-state index contributed by atoms with van der Waals surface area (Å²) in [5, 5.41) is 3.90. The quantitative estimate of drug-likeness (QED) is 0.661. The van der Waals surface area contributed by atoms with Crippen LogP contribution < -0.4 is 5.32 Å². The first-order valence-electron chi connectivity index (χ1n) is 4.22. The third-order valence-electron chi connectivity index (χ3n) is 1.92. The first-order valence-corrected chi connectivity index (χ1v) is 5.27. The monoisotopic (exact) mass is 189 g/mol. The summed E-state index contributed by atoms with van der Waals surface area (Å²) in [7, 11) is 1.43. The first kappa shape index (κ1) is 9.86. The van der Waals surface area contributed by atoms with Crippen LogP contribution in [0.4, 0.5) is 0 Å². The standard InChI is InChI=1S/C8H15NO2S/c1-11-8(10)6-12-7-3-2-4-9-5-7/h7,9H,2-6H2,1H3/t7-/m0/s1. The molecule has 1 atom stereocenters. The number of ether oxygens (including phenoxy) is 1. The van der Waals surface area contributed by atoms with E-state index in [2.05, 4.69) is 10.1 Å². The third-order valence-corrected chi connectivity index (χ3v) is 3.19. The summed E-state index contributed by atoms with van der Waals surface area (Å²) in [5.74, 6) is 0.369. The van der Waals surface area contributed by atoms with Crippen molar-refractivity contribution in [3.63, 3.8) is 0 Å². The molecule has 0 bridgehead atoms. The summed E-state index contributed by atoms with van der Waals surface area (Å²) in [4.78, 5) is 10.8. The van der Waals surface area contributed by atoms with Crippen molar-refractivity contribution in [3.05, 3.63) is 0 Å². The van der Waals surface area contributed by atoms with Gasteiger partial charge in [0.15, 0.2) is 0 Å². The van der Waals surface area contributed by atoms with Crippen LogP contribution >= 0.6 is 11.8 Å². The Labute approximate surface area is 77.2 Å². The number of hydrogen-bond acceptors (Lipinski definition) is 4. The topological polar surface area (TPSA) is 38.3 Å². The van der Waals surface area contributed by atoms with Crippen LogP contribution in [-0.4, -0.2) is 37.2 Å². The van der Waals surface area contributed by atoms with Crippen molar-refractivity contribution in [2.45, 2.75) is 18.1 Å². The molecule has 0 aromatic rings. The Hall–Kier alpha value is -0.220. The number of piperidine rings is 1. The van der Waals surface area contributed by atoms with Crippen molar-refractivity contribution in [1.29, 1.82) is 0 Å². The minimum absolute atomic E-state index is 0.120. The van der Waals surface area contributed by atoms with E-state index in [1.54, 1.807) is 11.8 Å². The molecule has 0 saturated carbocycles. The zero-order chi connectivity index (χ0) is 8.81. The van der Waals surface area contributed by atoms with E-state index in [4.69, 9.17) is 0 Å². The first-order chi connectivity index (χ1) is 5.83. The average Bonchev–Trinajstić information content (AvgIpc) is 2.16. The number of methoxy groups -OCH3 is 1. The highest BCUT2D eigenvalue weighted by Crippen LogP contribution is 2.18. The molecule has 12 heavy (non-hydrogen) atoms. The van der Waals surface area contributed by atoms with Gasteiger partial charge in [-0.3, -0.25) is 4.79 Å². The molecule has 0 aromatic carbocycles. The Morgan fingerprint density at radius 1 is 1.75 bits per heavy atom. The molecule has 0 spiro atoms. The zero-order valence-electron chi connectivity index (χ0n) is 7.34. The van der Waals surface area contributed by atoms with E-state index in [0.717, 1.165) is 13.1 Å². The maximum Gasteiger partial charge on any atom is 0.315 e. The zero-order valence-corrected chi connectivity index (χ0v) is 8.15. The van der Waals surface area contributed by atoms with E-state index in [1.807, 2.05) is 0 Å². The van der Waals surface area contributed by atoms with Gasteiger partial charge in [0.25, 0.3) is 0 Å². The lowest BCUT2D eigenvalue weighted by molar-refractivity contribution is -0.137. The number of nitrogens with one attached hydrogen (secondary N) is 1. The summed E-state index contributed by atoms with van der Waals surface area (Å²) in [5.41, 5.74) is 0. The molecule has 3 nitrogen and oxygen atoms in total. The van der Waals surface area contributed by atoms with Gasteiger partial charge >= 0.3 is 5.97 Å². The van der Waals surface area contributed by atoms with E-state index in [9.17, 15) is 4.79 Å². The highest BCUT2D eigenvalue weighted by Gasteiger charge is 2.14. The summed E-state index contributed by atoms with van der Waals surface area (Å²) in [6, 6.07) is 0. The van der Waals surface area contributed by atoms with E-state index in [0.29, 0.717) is 11.0 Å². The molecule has 0 unspecified atom stereocenters. The molecule has 1 aliphatic rings. The molecule has 4 heteroatoms. The van der Waals surface area contributed by atoms with Gasteiger partial charge in [0, 0.05) is 11.8 Å². The van der Waals surface area contributed by atoms with E-state index >= 15 is 0 Å². The molecule has 0 aliphatic carbocycles. The highest BCUT2D eigenvalue weighted by atomic mass is 32.2. The summed E-state index contributed by atoms with van der Waals surface area (Å²) in [6.07, 6.45) is 2.44. The van der Waals surface area contributed by atoms with Gasteiger partial charge in [-0.1, -0.05) is 0 Å². The molecule has 0 aromatic heterocycles. The SMILES string of the molecule is COC(=O)CS[C@H]1CCCNC1. The fourth-order valence-corrected chi connectivity index (χ4v) is 2.27. The van der Waals surface area contributed by atoms with Crippen LogP contribution in [0, 0.1) is 0 Å². The Morgan fingerprint density at radius 2 is 2.58 bits per heavy atom. The van der Waals surface area contributed by atoms with Gasteiger partial charge in [-0.25, -0.2) is 0 Å². The second-order valence-electron chi connectivity index (χ2n) is 2.86. The molecule has 1 fully saturated rings. The number of rotatable bonds is 3. The molecule has 1 saturated heterocycles. The number of hydrogen-bond donors (Lipinski definition) is 1. The van der Waals surface area contributed by atoms with Crippen molar-refractivity contribution < 1.29 is 9.53 Å². The van der Waals surface area contributed by atoms with Gasteiger partial charge in [0.05, 0.1) is 12.9 Å². The number of esters is 1. The Morgan fingerprint density at radius 3 is 3.17 bits per heavy atom. The second-order valence-corrected chi connectivity index (χ2v) is 4.14. The van der Waals surface area contributed by atoms with Gasteiger partial charge in [-0.2, -0.15) is 0 Å². The van der Waals surface area contributed by atoms with Crippen LogP contribution in [-0.2, 0) is 9.53 Å². The predicted molar refractivity (Wildman–Crippen MR) is 50.4 cm³/mol.